The predicted molar refractivity (Wildman–Crippen MR) is 246 cm³/mol. The standard InChI is InChI=1S/C47H60N10O6S/c1-28(2)43(47(61)57-26-35(58)21-39(57)46(60)50-30(4)32-11-13-33(14-12-32)44-31(5)49-27-64-44)41-23-42(53-63-41)62-20-19-54-16-15-34(25-54)55-17-18-56(29(3)24-55)38-22-37(51-52-45(38)48-6)36-9-7-8-10-40(36)59/h7-14,22-23,27-30,34-35,39,43,58-59H,15-21,24-26H2,1-6H3,(H,48,52)(H,50,60)/t29-,30-,34?,35+,39-,43+/m0/s1. The quantitative estimate of drug-likeness (QED) is 0.103. The summed E-state index contributed by atoms with van der Waals surface area (Å²) in [6.07, 6.45) is 0.400. The number of hydrogen-bond donors (Lipinski definition) is 4. The monoisotopic (exact) mass is 892 g/mol. The van der Waals surface area contributed by atoms with E-state index in [9.17, 15) is 19.8 Å². The third-order valence-corrected chi connectivity index (χ3v) is 13.9. The number of aliphatic hydroxyl groups excluding tert-OH is 1. The molecule has 3 saturated heterocycles. The molecule has 3 aliphatic heterocycles. The zero-order valence-electron chi connectivity index (χ0n) is 37.5. The van der Waals surface area contributed by atoms with Crippen LogP contribution in [0.3, 0.4) is 0 Å². The van der Waals surface area contributed by atoms with E-state index in [2.05, 4.69) is 52.6 Å². The Morgan fingerprint density at radius 2 is 1.81 bits per heavy atom. The van der Waals surface area contributed by atoms with Gasteiger partial charge < -0.3 is 39.9 Å². The summed E-state index contributed by atoms with van der Waals surface area (Å²) in [6.45, 7) is 15.8. The Labute approximate surface area is 378 Å². The number of amides is 2. The number of rotatable bonds is 15. The van der Waals surface area contributed by atoms with Crippen LogP contribution in [-0.4, -0.2) is 141 Å². The van der Waals surface area contributed by atoms with Gasteiger partial charge in [-0.25, -0.2) is 4.98 Å². The van der Waals surface area contributed by atoms with Gasteiger partial charge in [-0.3, -0.25) is 19.4 Å². The number of benzene rings is 2. The molecule has 340 valence electrons. The zero-order chi connectivity index (χ0) is 45.1. The van der Waals surface area contributed by atoms with Crippen LogP contribution >= 0.6 is 11.3 Å². The molecule has 2 amide bonds. The number of aliphatic hydroxyl groups is 1. The minimum absolute atomic E-state index is 0.0571. The predicted octanol–water partition coefficient (Wildman–Crippen LogP) is 5.55. The van der Waals surface area contributed by atoms with Crippen molar-refractivity contribution in [3.63, 3.8) is 0 Å². The smallest absolute Gasteiger partial charge is 0.254 e. The number of carbonyl (C=O) groups is 2. The third-order valence-electron chi connectivity index (χ3n) is 13.0. The number of nitrogens with one attached hydrogen (secondary N) is 2. The lowest BCUT2D eigenvalue weighted by molar-refractivity contribution is -0.141. The van der Waals surface area contributed by atoms with Crippen molar-refractivity contribution < 1.29 is 29.1 Å². The van der Waals surface area contributed by atoms with Gasteiger partial charge >= 0.3 is 0 Å². The van der Waals surface area contributed by atoms with Crippen molar-refractivity contribution >= 4 is 34.7 Å². The van der Waals surface area contributed by atoms with E-state index in [0.717, 1.165) is 73.1 Å². The van der Waals surface area contributed by atoms with Crippen LogP contribution in [-0.2, 0) is 9.59 Å². The maximum absolute atomic E-state index is 14.2. The highest BCUT2D eigenvalue weighted by molar-refractivity contribution is 7.13. The molecular weight excluding hydrogens is 833 g/mol. The molecule has 1 unspecified atom stereocenters. The van der Waals surface area contributed by atoms with Crippen LogP contribution in [0.25, 0.3) is 21.7 Å². The van der Waals surface area contributed by atoms with Crippen molar-refractivity contribution in [3.05, 3.63) is 83.2 Å². The van der Waals surface area contributed by atoms with Crippen molar-refractivity contribution in [2.75, 3.05) is 69.7 Å². The van der Waals surface area contributed by atoms with Crippen LogP contribution in [0.2, 0.25) is 0 Å². The van der Waals surface area contributed by atoms with Crippen LogP contribution in [0, 0.1) is 12.8 Å². The number of likely N-dealkylation sites (tertiary alicyclic amines) is 2. The first-order valence-electron chi connectivity index (χ1n) is 22.3. The van der Waals surface area contributed by atoms with Gasteiger partial charge in [0.1, 0.15) is 24.3 Å². The van der Waals surface area contributed by atoms with Gasteiger partial charge in [-0.2, -0.15) is 0 Å². The summed E-state index contributed by atoms with van der Waals surface area (Å²) in [5.41, 5.74) is 7.08. The molecule has 3 aliphatic rings. The second-order valence-electron chi connectivity index (χ2n) is 17.7. The van der Waals surface area contributed by atoms with Crippen LogP contribution in [0.4, 0.5) is 11.5 Å². The number of phenolic OH excluding ortho intramolecular Hbond substituents is 1. The molecule has 8 rings (SSSR count). The number of anilines is 2. The van der Waals surface area contributed by atoms with Crippen LogP contribution in [0.5, 0.6) is 11.6 Å². The summed E-state index contributed by atoms with van der Waals surface area (Å²) in [7, 11) is 1.85. The van der Waals surface area contributed by atoms with Gasteiger partial charge in [0.2, 0.25) is 11.8 Å². The van der Waals surface area contributed by atoms with Gasteiger partial charge in [0.25, 0.3) is 5.88 Å². The molecule has 16 nitrogen and oxygen atoms in total. The lowest BCUT2D eigenvalue weighted by Crippen LogP contribution is -2.55. The van der Waals surface area contributed by atoms with Crippen molar-refractivity contribution in [1.29, 1.82) is 0 Å². The molecular formula is C47H60N10O6S. The normalized spacial score (nSPS) is 21.6. The van der Waals surface area contributed by atoms with Gasteiger partial charge in [-0.05, 0) is 74.1 Å². The second kappa shape index (κ2) is 19.6. The molecule has 17 heteroatoms. The maximum Gasteiger partial charge on any atom is 0.254 e. The van der Waals surface area contributed by atoms with E-state index in [1.165, 1.54) is 4.90 Å². The van der Waals surface area contributed by atoms with Crippen LogP contribution in [0.1, 0.15) is 69.5 Å². The highest BCUT2D eigenvalue weighted by Crippen LogP contribution is 2.36. The number of nitrogens with zero attached hydrogens (tertiary/aromatic N) is 8. The van der Waals surface area contributed by atoms with E-state index in [4.69, 9.17) is 9.26 Å². The van der Waals surface area contributed by atoms with Gasteiger partial charge in [-0.1, -0.05) is 50.2 Å². The fourth-order valence-electron chi connectivity index (χ4n) is 9.47. The molecule has 3 aromatic heterocycles. The van der Waals surface area contributed by atoms with Crippen LogP contribution < -0.4 is 20.3 Å². The molecule has 6 atom stereocenters. The average molecular weight is 893 g/mol. The van der Waals surface area contributed by atoms with Crippen molar-refractivity contribution in [2.45, 2.75) is 83.6 Å². The summed E-state index contributed by atoms with van der Waals surface area (Å²) in [6, 6.07) is 18.5. The minimum Gasteiger partial charge on any atom is -0.507 e. The fourth-order valence-corrected chi connectivity index (χ4v) is 10.3. The van der Waals surface area contributed by atoms with Crippen molar-refractivity contribution in [3.8, 4) is 33.3 Å². The zero-order valence-corrected chi connectivity index (χ0v) is 38.3. The largest absolute Gasteiger partial charge is 0.507 e. The molecule has 64 heavy (non-hydrogen) atoms. The van der Waals surface area contributed by atoms with E-state index in [1.54, 1.807) is 29.5 Å². The molecule has 4 N–H and O–H groups in total. The van der Waals surface area contributed by atoms with E-state index in [-0.39, 0.29) is 48.5 Å². The second-order valence-corrected chi connectivity index (χ2v) is 18.5. The average Bonchev–Trinajstić information content (AvgIpc) is 4.12. The highest BCUT2D eigenvalue weighted by atomic mass is 32.1. The maximum atomic E-state index is 14.2. The van der Waals surface area contributed by atoms with Gasteiger partial charge in [0, 0.05) is 76.5 Å². The molecule has 5 aromatic rings. The Hall–Kier alpha value is -5.62. The summed E-state index contributed by atoms with van der Waals surface area (Å²) in [4.78, 5) is 42.3. The van der Waals surface area contributed by atoms with Gasteiger partial charge in [-0.15, -0.1) is 21.5 Å². The highest BCUT2D eigenvalue weighted by Gasteiger charge is 2.44. The molecule has 3 fully saturated rings. The number of para-hydroxylation sites is 1. The van der Waals surface area contributed by atoms with Gasteiger partial charge in [0.05, 0.1) is 39.6 Å². The number of carbonyl (C=O) groups excluding carboxylic acids is 2. The molecule has 6 heterocycles. The molecule has 2 aromatic carbocycles. The number of aromatic hydroxyl groups is 1. The topological polar surface area (TPSA) is 186 Å². The molecule has 0 aliphatic carbocycles. The summed E-state index contributed by atoms with van der Waals surface area (Å²) < 4.78 is 11.8. The molecule has 0 radical (unpaired) electrons. The number of piperazine rings is 1. The fraction of sp³-hybridized carbons (Fsp3) is 0.489. The Bertz CT molecular complexity index is 2390. The van der Waals surface area contributed by atoms with E-state index in [1.807, 2.05) is 82.7 Å². The molecule has 0 bridgehead atoms. The summed E-state index contributed by atoms with van der Waals surface area (Å²) in [5, 5.41) is 40.5. The van der Waals surface area contributed by atoms with E-state index in [0.29, 0.717) is 41.4 Å². The first-order chi connectivity index (χ1) is 30.9. The minimum atomic E-state index is -0.824. The third kappa shape index (κ3) is 9.72. The molecule has 0 spiro atoms. The Balaban J connectivity index is 0.821. The number of hydrogen-bond acceptors (Lipinski definition) is 15. The first kappa shape index (κ1) is 45.0. The Morgan fingerprint density at radius 1 is 1.02 bits per heavy atom. The van der Waals surface area contributed by atoms with E-state index >= 15 is 0 Å². The van der Waals surface area contributed by atoms with Gasteiger partial charge in [0.15, 0.2) is 11.6 Å². The first-order valence-corrected chi connectivity index (χ1v) is 23.2. The SMILES string of the molecule is CNc1nnc(-c2ccccc2O)cc1N1CCN(C2CCN(CCOc3cc([C@H](C(=O)N4C[C@H](O)C[C@H]4C(=O)N[C@@H](C)c4ccc(-c5scnc5C)cc4)C(C)C)on3)C2)C[C@@H]1C. The number of phenols is 1. The summed E-state index contributed by atoms with van der Waals surface area (Å²) >= 11 is 1.59. The van der Waals surface area contributed by atoms with Crippen molar-refractivity contribution in [1.82, 2.24) is 40.4 Å². The lowest BCUT2D eigenvalue weighted by Gasteiger charge is -2.44. The summed E-state index contributed by atoms with van der Waals surface area (Å²) in [5.74, 6) is 0.0815. The van der Waals surface area contributed by atoms with Crippen molar-refractivity contribution in [2.24, 2.45) is 5.92 Å². The number of ether oxygens (including phenoxy) is 1. The number of aromatic nitrogens is 4. The molecule has 0 saturated carbocycles. The number of aryl methyl sites for hydroxylation is 1. The number of β-amino-alcohol motifs (C(OH)–C–C–N with tert-alkyl or cyclic N) is 1. The van der Waals surface area contributed by atoms with E-state index < -0.39 is 18.1 Å². The van der Waals surface area contributed by atoms with Crippen LogP contribution in [0.15, 0.2) is 70.7 Å². The Kier molecular flexibility index (Phi) is 13.8. The number of thiazole rings is 1. The Morgan fingerprint density at radius 3 is 2.53 bits per heavy atom. The lowest BCUT2D eigenvalue weighted by atomic mass is 9.91.